The van der Waals surface area contributed by atoms with E-state index >= 15 is 0 Å². The van der Waals surface area contributed by atoms with Crippen LogP contribution in [0.1, 0.15) is 25.0 Å². The number of nitriles is 1. The molecule has 0 atom stereocenters. The average molecular weight is 279 g/mol. The van der Waals surface area contributed by atoms with Crippen molar-refractivity contribution in [2.75, 3.05) is 13.2 Å². The molecule has 0 fully saturated rings. The Balaban J connectivity index is 3.14. The van der Waals surface area contributed by atoms with Crippen molar-refractivity contribution in [1.82, 2.24) is 0 Å². The first-order valence-electron chi connectivity index (χ1n) is 6.14. The minimum atomic E-state index is -3.51. The normalized spacial score (nSPS) is 12.2. The molecule has 0 aliphatic heterocycles. The predicted octanol–water partition coefficient (Wildman–Crippen LogP) is 4.13. The van der Waals surface area contributed by atoms with Crippen LogP contribution in [-0.4, -0.2) is 13.2 Å². The average Bonchev–Trinajstić information content (AvgIpc) is 2.38. The fraction of sp³-hybridized carbons (Fsp3) is 0.357. The van der Waals surface area contributed by atoms with Gasteiger partial charge in [-0.15, -0.1) is 0 Å². The molecule has 0 aromatic heterocycles. The van der Waals surface area contributed by atoms with Crippen LogP contribution in [0.5, 0.6) is 0 Å². The standard InChI is InChI=1S/C14H18NO3P/c1-4-17-19(16,18-5-2)14(11-15)10-13-8-6-12(3)7-9-13/h6-10H,4-5H2,1-3H3/b14-10+. The zero-order valence-electron chi connectivity index (χ0n) is 11.4. The summed E-state index contributed by atoms with van der Waals surface area (Å²) in [4.78, 5) is 0. The van der Waals surface area contributed by atoms with Crippen molar-refractivity contribution in [2.45, 2.75) is 20.8 Å². The molecule has 0 aliphatic rings. The maximum atomic E-state index is 12.5. The second kappa shape index (κ2) is 7.25. The van der Waals surface area contributed by atoms with E-state index in [0.717, 1.165) is 11.1 Å². The lowest BCUT2D eigenvalue weighted by Gasteiger charge is -2.15. The lowest BCUT2D eigenvalue weighted by molar-refractivity contribution is 0.227. The molecule has 1 aromatic rings. The molecule has 0 bridgehead atoms. The van der Waals surface area contributed by atoms with Crippen molar-refractivity contribution in [2.24, 2.45) is 0 Å². The molecule has 0 N–H and O–H groups in total. The zero-order valence-corrected chi connectivity index (χ0v) is 12.3. The second-order valence-electron chi connectivity index (χ2n) is 3.89. The van der Waals surface area contributed by atoms with Gasteiger partial charge in [0, 0.05) is 0 Å². The second-order valence-corrected chi connectivity index (χ2v) is 5.88. The van der Waals surface area contributed by atoms with Gasteiger partial charge in [0.05, 0.1) is 13.2 Å². The molecule has 0 heterocycles. The van der Waals surface area contributed by atoms with Gasteiger partial charge in [0.15, 0.2) is 0 Å². The molecular weight excluding hydrogens is 261 g/mol. The molecule has 0 amide bonds. The fourth-order valence-corrected chi connectivity index (χ4v) is 2.97. The van der Waals surface area contributed by atoms with Crippen molar-refractivity contribution in [3.63, 3.8) is 0 Å². The highest BCUT2D eigenvalue weighted by molar-refractivity contribution is 7.59. The van der Waals surface area contributed by atoms with Crippen molar-refractivity contribution in [3.8, 4) is 6.07 Å². The van der Waals surface area contributed by atoms with Crippen molar-refractivity contribution >= 4 is 13.7 Å². The summed E-state index contributed by atoms with van der Waals surface area (Å²) in [6.45, 7) is 5.86. The van der Waals surface area contributed by atoms with Crippen molar-refractivity contribution in [1.29, 1.82) is 5.26 Å². The Hall–Kier alpha value is -1.40. The van der Waals surface area contributed by atoms with Crippen LogP contribution in [0, 0.1) is 18.3 Å². The molecular formula is C14H18NO3P. The molecule has 0 aliphatic carbocycles. The van der Waals surface area contributed by atoms with Gasteiger partial charge in [-0.2, -0.15) is 5.26 Å². The third-order valence-electron chi connectivity index (χ3n) is 2.39. The van der Waals surface area contributed by atoms with Crippen LogP contribution in [0.25, 0.3) is 6.08 Å². The Bertz CT molecular complexity index is 519. The molecule has 0 saturated carbocycles. The van der Waals surface area contributed by atoms with E-state index in [1.54, 1.807) is 19.9 Å². The lowest BCUT2D eigenvalue weighted by atomic mass is 10.1. The van der Waals surface area contributed by atoms with E-state index in [1.807, 2.05) is 37.3 Å². The van der Waals surface area contributed by atoms with Gasteiger partial charge < -0.3 is 9.05 Å². The molecule has 0 spiro atoms. The number of aryl methyl sites for hydroxylation is 1. The molecule has 4 nitrogen and oxygen atoms in total. The van der Waals surface area contributed by atoms with Crippen LogP contribution in [0.2, 0.25) is 0 Å². The Morgan fingerprint density at radius 1 is 1.26 bits per heavy atom. The van der Waals surface area contributed by atoms with Crippen molar-refractivity contribution in [3.05, 3.63) is 40.7 Å². The third-order valence-corrected chi connectivity index (χ3v) is 4.40. The summed E-state index contributed by atoms with van der Waals surface area (Å²) < 4.78 is 22.8. The maximum absolute atomic E-state index is 12.5. The Labute approximate surface area is 114 Å². The van der Waals surface area contributed by atoms with Crippen molar-refractivity contribution < 1.29 is 13.6 Å². The van der Waals surface area contributed by atoms with E-state index in [9.17, 15) is 9.83 Å². The number of allylic oxidation sites excluding steroid dienone is 1. The summed E-state index contributed by atoms with van der Waals surface area (Å²) in [7, 11) is -3.51. The van der Waals surface area contributed by atoms with Crippen LogP contribution in [0.4, 0.5) is 0 Å². The first kappa shape index (κ1) is 15.7. The van der Waals surface area contributed by atoms with Gasteiger partial charge in [0.1, 0.15) is 11.4 Å². The smallest absolute Gasteiger partial charge is 0.305 e. The van der Waals surface area contributed by atoms with Gasteiger partial charge in [0.2, 0.25) is 0 Å². The molecule has 0 unspecified atom stereocenters. The monoisotopic (exact) mass is 279 g/mol. The predicted molar refractivity (Wildman–Crippen MR) is 75.6 cm³/mol. The number of hydrogen-bond donors (Lipinski definition) is 0. The molecule has 19 heavy (non-hydrogen) atoms. The first-order chi connectivity index (χ1) is 9.05. The number of nitrogens with zero attached hydrogens (tertiary/aromatic N) is 1. The summed E-state index contributed by atoms with van der Waals surface area (Å²) in [5, 5.41) is 9.21. The maximum Gasteiger partial charge on any atom is 0.371 e. The van der Waals surface area contributed by atoms with E-state index in [0.29, 0.717) is 0 Å². The zero-order chi connectivity index (χ0) is 14.3. The Morgan fingerprint density at radius 2 is 1.79 bits per heavy atom. The van der Waals surface area contributed by atoms with Crippen LogP contribution in [0.15, 0.2) is 29.6 Å². The molecule has 1 aromatic carbocycles. The fourth-order valence-electron chi connectivity index (χ4n) is 1.51. The highest BCUT2D eigenvalue weighted by Gasteiger charge is 2.29. The SMILES string of the molecule is CCOP(=O)(OCC)/C(C#N)=C/c1ccc(C)cc1. The van der Waals surface area contributed by atoms with Gasteiger partial charge in [-0.1, -0.05) is 29.8 Å². The van der Waals surface area contributed by atoms with Gasteiger partial charge >= 0.3 is 7.60 Å². The quantitative estimate of drug-likeness (QED) is 0.580. The highest BCUT2D eigenvalue weighted by Crippen LogP contribution is 2.56. The topological polar surface area (TPSA) is 59.3 Å². The van der Waals surface area contributed by atoms with Crippen LogP contribution in [0.3, 0.4) is 0 Å². The number of rotatable bonds is 6. The molecule has 0 saturated heterocycles. The van der Waals surface area contributed by atoms with E-state index in [1.165, 1.54) is 0 Å². The van der Waals surface area contributed by atoms with E-state index < -0.39 is 7.60 Å². The van der Waals surface area contributed by atoms with E-state index in [2.05, 4.69) is 0 Å². The van der Waals surface area contributed by atoms with E-state index in [4.69, 9.17) is 9.05 Å². The van der Waals surface area contributed by atoms with E-state index in [-0.39, 0.29) is 18.5 Å². The molecule has 0 radical (unpaired) electrons. The molecule has 1 rings (SSSR count). The third kappa shape index (κ3) is 4.33. The number of benzene rings is 1. The van der Waals surface area contributed by atoms with Gasteiger partial charge in [0.25, 0.3) is 0 Å². The Morgan fingerprint density at radius 3 is 2.21 bits per heavy atom. The van der Waals surface area contributed by atoms with Gasteiger partial charge in [-0.25, -0.2) is 0 Å². The molecule has 5 heteroatoms. The highest BCUT2D eigenvalue weighted by atomic mass is 31.2. The van der Waals surface area contributed by atoms with Crippen LogP contribution in [-0.2, 0) is 13.6 Å². The summed E-state index contributed by atoms with van der Waals surface area (Å²) in [6.07, 6.45) is 1.55. The Kier molecular flexibility index (Phi) is 5.98. The lowest BCUT2D eigenvalue weighted by Crippen LogP contribution is -1.97. The number of hydrogen-bond acceptors (Lipinski definition) is 4. The van der Waals surface area contributed by atoms with Crippen LogP contribution < -0.4 is 0 Å². The van der Waals surface area contributed by atoms with Gasteiger partial charge in [-0.05, 0) is 32.4 Å². The first-order valence-corrected chi connectivity index (χ1v) is 7.68. The van der Waals surface area contributed by atoms with Gasteiger partial charge in [-0.3, -0.25) is 4.57 Å². The van der Waals surface area contributed by atoms with Crippen LogP contribution >= 0.6 is 7.60 Å². The summed E-state index contributed by atoms with van der Waals surface area (Å²) >= 11 is 0. The minimum absolute atomic E-state index is 0.0278. The molecule has 102 valence electrons. The summed E-state index contributed by atoms with van der Waals surface area (Å²) in [6, 6.07) is 9.48. The summed E-state index contributed by atoms with van der Waals surface area (Å²) in [5.74, 6) is 0. The largest absolute Gasteiger partial charge is 0.371 e. The minimum Gasteiger partial charge on any atom is -0.305 e. The summed E-state index contributed by atoms with van der Waals surface area (Å²) in [5.41, 5.74) is 1.91.